The second-order valence-corrected chi connectivity index (χ2v) is 6.07. The van der Waals surface area contributed by atoms with E-state index in [1.165, 1.54) is 5.56 Å². The Hall–Kier alpha value is -2.29. The van der Waals surface area contributed by atoms with Crippen LogP contribution in [-0.4, -0.2) is 38.6 Å². The number of carbonyl (C=O) groups is 1. The number of rotatable bonds is 8. The van der Waals surface area contributed by atoms with E-state index in [-0.39, 0.29) is 29.9 Å². The van der Waals surface area contributed by atoms with Gasteiger partial charge in [-0.1, -0.05) is 29.8 Å². The highest BCUT2D eigenvalue weighted by molar-refractivity contribution is 14.0. The summed E-state index contributed by atoms with van der Waals surface area (Å²) in [5.74, 6) is 1.51. The number of nitrogens with zero attached hydrogens (tertiary/aromatic N) is 1. The maximum Gasteiger partial charge on any atom is 0.251 e. The zero-order valence-corrected chi connectivity index (χ0v) is 18.9. The van der Waals surface area contributed by atoms with Crippen LogP contribution < -0.4 is 20.7 Å². The average molecular weight is 496 g/mol. The van der Waals surface area contributed by atoms with E-state index >= 15 is 0 Å². The van der Waals surface area contributed by atoms with Gasteiger partial charge in [-0.25, -0.2) is 0 Å². The molecule has 0 aliphatic rings. The fourth-order valence-corrected chi connectivity index (χ4v) is 2.42. The number of halogens is 1. The van der Waals surface area contributed by atoms with E-state index in [4.69, 9.17) is 4.74 Å². The van der Waals surface area contributed by atoms with Gasteiger partial charge in [-0.2, -0.15) is 0 Å². The van der Waals surface area contributed by atoms with Gasteiger partial charge < -0.3 is 20.7 Å². The predicted octanol–water partition coefficient (Wildman–Crippen LogP) is 3.11. The van der Waals surface area contributed by atoms with Gasteiger partial charge in [-0.15, -0.1) is 24.0 Å². The van der Waals surface area contributed by atoms with E-state index in [0.29, 0.717) is 37.8 Å². The number of nitrogens with one attached hydrogen (secondary N) is 3. The molecule has 0 aliphatic carbocycles. The standard InChI is InChI=1S/C21H28N4O2.HI/c1-4-23-20(26)18-9-7-17(8-10-18)15-25-21(22-3)24-13-14-27-19-11-5-16(2)6-12-19;/h5-12H,4,13-15H2,1-3H3,(H,23,26)(H2,22,24,25);1H. The number of amides is 1. The monoisotopic (exact) mass is 496 g/mol. The number of ether oxygens (including phenoxy) is 1. The molecule has 0 bridgehead atoms. The number of aliphatic imine (C=N–C) groups is 1. The van der Waals surface area contributed by atoms with Crippen molar-refractivity contribution in [2.24, 2.45) is 4.99 Å². The van der Waals surface area contributed by atoms with Crippen LogP contribution in [0.5, 0.6) is 5.75 Å². The molecule has 0 heterocycles. The third-order valence-electron chi connectivity index (χ3n) is 3.92. The van der Waals surface area contributed by atoms with Crippen LogP contribution >= 0.6 is 24.0 Å². The Bertz CT molecular complexity index is 746. The van der Waals surface area contributed by atoms with Gasteiger partial charge in [0, 0.05) is 25.7 Å². The van der Waals surface area contributed by atoms with E-state index in [2.05, 4.69) is 27.9 Å². The molecule has 0 saturated heterocycles. The maximum atomic E-state index is 11.8. The van der Waals surface area contributed by atoms with Crippen molar-refractivity contribution in [2.45, 2.75) is 20.4 Å². The predicted molar refractivity (Wildman–Crippen MR) is 125 cm³/mol. The third kappa shape index (κ3) is 8.16. The molecule has 0 aliphatic heterocycles. The number of carbonyl (C=O) groups excluding carboxylic acids is 1. The molecule has 0 unspecified atom stereocenters. The highest BCUT2D eigenvalue weighted by Crippen LogP contribution is 2.10. The Kier molecular flexibility index (Phi) is 11.0. The Morgan fingerprint density at radius 3 is 2.29 bits per heavy atom. The molecule has 0 radical (unpaired) electrons. The molecule has 2 aromatic rings. The van der Waals surface area contributed by atoms with Crippen molar-refractivity contribution in [2.75, 3.05) is 26.7 Å². The summed E-state index contributed by atoms with van der Waals surface area (Å²) < 4.78 is 5.69. The lowest BCUT2D eigenvalue weighted by atomic mass is 10.1. The maximum absolute atomic E-state index is 11.8. The first-order valence-corrected chi connectivity index (χ1v) is 9.13. The molecular formula is C21H29IN4O2. The number of guanidine groups is 1. The quantitative estimate of drug-likeness (QED) is 0.227. The first-order valence-electron chi connectivity index (χ1n) is 9.13. The minimum absolute atomic E-state index is 0. The summed E-state index contributed by atoms with van der Waals surface area (Å²) in [6, 6.07) is 15.5. The highest BCUT2D eigenvalue weighted by atomic mass is 127. The van der Waals surface area contributed by atoms with Crippen LogP contribution in [0, 0.1) is 6.92 Å². The second-order valence-electron chi connectivity index (χ2n) is 6.07. The van der Waals surface area contributed by atoms with Gasteiger partial charge in [0.25, 0.3) is 5.91 Å². The van der Waals surface area contributed by atoms with E-state index in [1.807, 2.05) is 55.5 Å². The van der Waals surface area contributed by atoms with Crippen molar-refractivity contribution < 1.29 is 9.53 Å². The molecule has 0 spiro atoms. The fourth-order valence-electron chi connectivity index (χ4n) is 2.42. The first kappa shape index (κ1) is 23.7. The largest absolute Gasteiger partial charge is 0.492 e. The first-order chi connectivity index (χ1) is 13.1. The Balaban J connectivity index is 0.00000392. The minimum atomic E-state index is -0.0527. The molecule has 2 rings (SSSR count). The van der Waals surface area contributed by atoms with E-state index in [9.17, 15) is 4.79 Å². The number of benzene rings is 2. The van der Waals surface area contributed by atoms with Crippen LogP contribution in [0.15, 0.2) is 53.5 Å². The van der Waals surface area contributed by atoms with Gasteiger partial charge >= 0.3 is 0 Å². The molecule has 7 heteroatoms. The molecule has 0 aromatic heterocycles. The Labute approximate surface area is 184 Å². The molecular weight excluding hydrogens is 467 g/mol. The smallest absolute Gasteiger partial charge is 0.251 e. The summed E-state index contributed by atoms with van der Waals surface area (Å²) >= 11 is 0. The van der Waals surface area contributed by atoms with Crippen molar-refractivity contribution in [1.82, 2.24) is 16.0 Å². The third-order valence-corrected chi connectivity index (χ3v) is 3.92. The lowest BCUT2D eigenvalue weighted by molar-refractivity contribution is 0.0956. The van der Waals surface area contributed by atoms with Gasteiger partial charge in [0.05, 0.1) is 6.54 Å². The zero-order chi connectivity index (χ0) is 19.5. The number of aryl methyl sites for hydroxylation is 1. The summed E-state index contributed by atoms with van der Waals surface area (Å²) in [4.78, 5) is 16.0. The van der Waals surface area contributed by atoms with Crippen LogP contribution in [0.25, 0.3) is 0 Å². The van der Waals surface area contributed by atoms with Crippen LogP contribution in [0.3, 0.4) is 0 Å². The molecule has 0 saturated carbocycles. The zero-order valence-electron chi connectivity index (χ0n) is 16.6. The van der Waals surface area contributed by atoms with Crippen molar-refractivity contribution in [1.29, 1.82) is 0 Å². The van der Waals surface area contributed by atoms with Gasteiger partial charge in [-0.05, 0) is 43.7 Å². The summed E-state index contributed by atoms with van der Waals surface area (Å²) in [6.45, 7) is 6.38. The second kappa shape index (κ2) is 13.0. The lowest BCUT2D eigenvalue weighted by Gasteiger charge is -2.13. The van der Waals surface area contributed by atoms with Crippen LogP contribution in [0.2, 0.25) is 0 Å². The van der Waals surface area contributed by atoms with Crippen LogP contribution in [0.4, 0.5) is 0 Å². The van der Waals surface area contributed by atoms with Gasteiger partial charge in [-0.3, -0.25) is 9.79 Å². The van der Waals surface area contributed by atoms with E-state index in [0.717, 1.165) is 11.3 Å². The molecule has 0 fully saturated rings. The summed E-state index contributed by atoms with van der Waals surface area (Å²) in [6.07, 6.45) is 0. The molecule has 1 amide bonds. The van der Waals surface area contributed by atoms with Crippen LogP contribution in [-0.2, 0) is 6.54 Å². The molecule has 28 heavy (non-hydrogen) atoms. The Morgan fingerprint density at radius 2 is 1.68 bits per heavy atom. The molecule has 6 nitrogen and oxygen atoms in total. The summed E-state index contributed by atoms with van der Waals surface area (Å²) in [5, 5.41) is 9.25. The van der Waals surface area contributed by atoms with Gasteiger partial charge in [0.1, 0.15) is 12.4 Å². The topological polar surface area (TPSA) is 74.8 Å². The van der Waals surface area contributed by atoms with E-state index < -0.39 is 0 Å². The lowest BCUT2D eigenvalue weighted by Crippen LogP contribution is -2.38. The van der Waals surface area contributed by atoms with Gasteiger partial charge in [0.15, 0.2) is 5.96 Å². The number of hydrogen-bond donors (Lipinski definition) is 3. The summed E-state index contributed by atoms with van der Waals surface area (Å²) in [5.41, 5.74) is 2.95. The molecule has 3 N–H and O–H groups in total. The van der Waals surface area contributed by atoms with Crippen molar-refractivity contribution in [3.63, 3.8) is 0 Å². The van der Waals surface area contributed by atoms with Crippen molar-refractivity contribution in [3.8, 4) is 5.75 Å². The Morgan fingerprint density at radius 1 is 1.00 bits per heavy atom. The normalized spacial score (nSPS) is 10.6. The van der Waals surface area contributed by atoms with E-state index in [1.54, 1.807) is 7.05 Å². The minimum Gasteiger partial charge on any atom is -0.492 e. The highest BCUT2D eigenvalue weighted by Gasteiger charge is 2.04. The van der Waals surface area contributed by atoms with Gasteiger partial charge in [0.2, 0.25) is 0 Å². The SMILES string of the molecule is CCNC(=O)c1ccc(CNC(=NC)NCCOc2ccc(C)cc2)cc1.I. The van der Waals surface area contributed by atoms with Crippen molar-refractivity contribution in [3.05, 3.63) is 65.2 Å². The fraction of sp³-hybridized carbons (Fsp3) is 0.333. The molecule has 0 atom stereocenters. The molecule has 2 aromatic carbocycles. The average Bonchev–Trinajstić information content (AvgIpc) is 2.69. The number of hydrogen-bond acceptors (Lipinski definition) is 3. The molecule has 152 valence electrons. The summed E-state index contributed by atoms with van der Waals surface area (Å²) in [7, 11) is 1.73. The van der Waals surface area contributed by atoms with Crippen molar-refractivity contribution >= 4 is 35.8 Å². The van der Waals surface area contributed by atoms with Crippen LogP contribution in [0.1, 0.15) is 28.4 Å².